The van der Waals surface area contributed by atoms with Crippen LogP contribution in [0.3, 0.4) is 0 Å². The molecule has 0 unspecified atom stereocenters. The quantitative estimate of drug-likeness (QED) is 0.239. The summed E-state index contributed by atoms with van der Waals surface area (Å²) in [5, 5.41) is 2.63. The Bertz CT molecular complexity index is 1330. The van der Waals surface area contributed by atoms with Gasteiger partial charge in [0.25, 0.3) is 0 Å². The van der Waals surface area contributed by atoms with Crippen molar-refractivity contribution >= 4 is 27.6 Å². The maximum atomic E-state index is 14.5. The van der Waals surface area contributed by atoms with Gasteiger partial charge in [-0.15, -0.1) is 10.1 Å². The van der Waals surface area contributed by atoms with Gasteiger partial charge in [0, 0.05) is 22.9 Å². The van der Waals surface area contributed by atoms with Gasteiger partial charge in [0.05, 0.1) is 13.3 Å². The van der Waals surface area contributed by atoms with Crippen LogP contribution in [-0.2, 0) is 20.7 Å². The summed E-state index contributed by atoms with van der Waals surface area (Å²) in [5.74, 6) is -5.51. The lowest BCUT2D eigenvalue weighted by molar-refractivity contribution is -0.169. The first kappa shape index (κ1) is 26.1. The number of ether oxygens (including phenoxy) is 1. The van der Waals surface area contributed by atoms with Gasteiger partial charge in [-0.1, -0.05) is 0 Å². The molecule has 1 amide bonds. The van der Waals surface area contributed by atoms with Gasteiger partial charge in [-0.3, -0.25) is 4.79 Å². The summed E-state index contributed by atoms with van der Waals surface area (Å²) in [6.07, 6.45) is -3.43. The molecule has 0 fully saturated rings. The molecular formula is C21H18F6N4O3S. The monoisotopic (exact) mass is 520 g/mol. The standard InChI is InChI=1S/C21H18F6N4O3S/c1-34-16-7-12(22)3-4-13(16)14-8-18(28-9-15(14)23)30-19-6-11(5-17(24)29-19)10-35(2,33)31-20(32)21(25,26)27/h3-9,35H,10H2,1-2H3,(H,28,29,30)(H,31,32,33). The van der Waals surface area contributed by atoms with Crippen molar-refractivity contribution in [1.82, 2.24) is 9.97 Å². The van der Waals surface area contributed by atoms with E-state index >= 15 is 0 Å². The van der Waals surface area contributed by atoms with Crippen LogP contribution in [0.15, 0.2) is 47.0 Å². The normalized spacial score (nSPS) is 12.3. The van der Waals surface area contributed by atoms with E-state index in [-0.39, 0.29) is 34.1 Å². The maximum absolute atomic E-state index is 14.5. The number of thiol groups is 1. The van der Waals surface area contributed by atoms with E-state index in [0.717, 1.165) is 30.7 Å². The molecule has 2 aromatic heterocycles. The summed E-state index contributed by atoms with van der Waals surface area (Å²) in [6.45, 7) is 0. The van der Waals surface area contributed by atoms with Crippen molar-refractivity contribution in [3.8, 4) is 16.9 Å². The third-order valence-corrected chi connectivity index (χ3v) is 6.03. The van der Waals surface area contributed by atoms with Gasteiger partial charge >= 0.3 is 12.1 Å². The molecule has 2 heterocycles. The van der Waals surface area contributed by atoms with Gasteiger partial charge in [0.15, 0.2) is 0 Å². The third kappa shape index (κ3) is 6.76. The number of rotatable bonds is 6. The molecule has 188 valence electrons. The lowest BCUT2D eigenvalue weighted by Crippen LogP contribution is -2.24. The minimum Gasteiger partial charge on any atom is -0.496 e. The number of amides is 1. The summed E-state index contributed by atoms with van der Waals surface area (Å²) in [4.78, 5) is 18.5. The van der Waals surface area contributed by atoms with Gasteiger partial charge in [0.1, 0.15) is 29.0 Å². The van der Waals surface area contributed by atoms with Crippen LogP contribution in [0.25, 0.3) is 11.1 Å². The van der Waals surface area contributed by atoms with Crippen molar-refractivity contribution in [3.05, 3.63) is 65.7 Å². The molecule has 7 nitrogen and oxygen atoms in total. The van der Waals surface area contributed by atoms with E-state index in [4.69, 9.17) is 4.74 Å². The van der Waals surface area contributed by atoms with E-state index in [0.29, 0.717) is 0 Å². The molecule has 0 saturated carbocycles. The molecule has 3 aromatic rings. The van der Waals surface area contributed by atoms with E-state index in [1.54, 1.807) is 0 Å². The lowest BCUT2D eigenvalue weighted by Gasteiger charge is -2.19. The zero-order valence-corrected chi connectivity index (χ0v) is 19.0. The number of nitrogens with zero attached hydrogens (tertiary/aromatic N) is 3. The summed E-state index contributed by atoms with van der Waals surface area (Å²) < 4.78 is 97.5. The van der Waals surface area contributed by atoms with Crippen LogP contribution >= 0.6 is 0 Å². The predicted molar refractivity (Wildman–Crippen MR) is 118 cm³/mol. The van der Waals surface area contributed by atoms with Gasteiger partial charge in [-0.2, -0.15) is 21.9 Å². The second-order valence-corrected chi connectivity index (χ2v) is 10.0. The number of benzene rings is 1. The maximum Gasteiger partial charge on any atom is 0.474 e. The van der Waals surface area contributed by atoms with Crippen LogP contribution in [0.1, 0.15) is 5.56 Å². The SMILES string of the molecule is COc1cc(F)ccc1-c1cc(Nc2cc(C[SH](C)(O)=NC(=O)C(F)(F)F)cc(F)n2)ncc1F. The van der Waals surface area contributed by atoms with Gasteiger partial charge < -0.3 is 14.6 Å². The number of aromatic nitrogens is 2. The van der Waals surface area contributed by atoms with Crippen molar-refractivity contribution < 1.29 is 40.4 Å². The number of alkyl halides is 3. The molecule has 3 rings (SSSR count). The Labute approximate surface area is 196 Å². The Morgan fingerprint density at radius 2 is 1.83 bits per heavy atom. The van der Waals surface area contributed by atoms with Crippen LogP contribution in [0, 0.1) is 17.6 Å². The highest BCUT2D eigenvalue weighted by Gasteiger charge is 2.39. The largest absolute Gasteiger partial charge is 0.496 e. The van der Waals surface area contributed by atoms with Crippen molar-refractivity contribution in [2.75, 3.05) is 18.7 Å². The fraction of sp³-hybridized carbons (Fsp3) is 0.190. The van der Waals surface area contributed by atoms with Crippen LogP contribution in [0.5, 0.6) is 5.75 Å². The zero-order chi connectivity index (χ0) is 26.0. The Morgan fingerprint density at radius 1 is 1.11 bits per heavy atom. The number of carbonyl (C=O) groups excluding carboxylic acids is 1. The summed E-state index contributed by atoms with van der Waals surface area (Å²) in [6, 6.07) is 6.76. The van der Waals surface area contributed by atoms with Crippen LogP contribution in [0.2, 0.25) is 0 Å². The topological polar surface area (TPSA) is 96.7 Å². The van der Waals surface area contributed by atoms with E-state index in [1.165, 1.54) is 25.3 Å². The molecule has 0 aliphatic heterocycles. The lowest BCUT2D eigenvalue weighted by atomic mass is 10.0. The molecule has 1 aromatic carbocycles. The van der Waals surface area contributed by atoms with E-state index in [2.05, 4.69) is 19.6 Å². The Kier molecular flexibility index (Phi) is 7.45. The highest BCUT2D eigenvalue weighted by atomic mass is 32.3. The van der Waals surface area contributed by atoms with Gasteiger partial charge in [0.2, 0.25) is 5.95 Å². The Balaban J connectivity index is 1.92. The van der Waals surface area contributed by atoms with Crippen molar-refractivity contribution in [2.45, 2.75) is 11.9 Å². The molecule has 35 heavy (non-hydrogen) atoms. The number of nitrogens with one attached hydrogen (secondary N) is 1. The molecule has 0 aliphatic rings. The third-order valence-electron chi connectivity index (χ3n) is 4.45. The van der Waals surface area contributed by atoms with Gasteiger partial charge in [-0.25, -0.2) is 18.7 Å². The smallest absolute Gasteiger partial charge is 0.474 e. The molecule has 2 N–H and O–H groups in total. The van der Waals surface area contributed by atoms with Gasteiger partial charge in [-0.05, 0) is 42.2 Å². The predicted octanol–water partition coefficient (Wildman–Crippen LogP) is 5.07. The van der Waals surface area contributed by atoms with E-state index in [1.807, 2.05) is 0 Å². The van der Waals surface area contributed by atoms with E-state index < -0.39 is 45.5 Å². The zero-order valence-electron chi connectivity index (χ0n) is 18.1. The van der Waals surface area contributed by atoms with Crippen LogP contribution in [0.4, 0.5) is 38.0 Å². The second kappa shape index (κ2) is 10.00. The molecule has 0 bridgehead atoms. The minimum atomic E-state index is -5.25. The number of methoxy groups -OCH3 is 1. The molecule has 0 spiro atoms. The van der Waals surface area contributed by atoms with E-state index in [9.17, 15) is 35.7 Å². The average molecular weight is 520 g/mol. The molecule has 0 radical (unpaired) electrons. The number of hydrogen-bond donors (Lipinski definition) is 3. The number of carbonyl (C=O) groups is 1. The number of hydrogen-bond acceptors (Lipinski definition) is 5. The fourth-order valence-corrected chi connectivity index (χ4v) is 4.52. The number of anilines is 2. The molecular weight excluding hydrogens is 502 g/mol. The molecule has 0 atom stereocenters. The molecule has 14 heteroatoms. The van der Waals surface area contributed by atoms with Crippen molar-refractivity contribution in [1.29, 1.82) is 0 Å². The van der Waals surface area contributed by atoms with Crippen molar-refractivity contribution in [2.24, 2.45) is 4.36 Å². The van der Waals surface area contributed by atoms with Crippen LogP contribution in [-0.4, -0.2) is 40.0 Å². The fourth-order valence-electron chi connectivity index (χ4n) is 3.07. The average Bonchev–Trinajstić information content (AvgIpc) is 2.73. The minimum absolute atomic E-state index is 0.000373. The molecule has 0 aliphatic carbocycles. The Hall–Kier alpha value is -3.52. The summed E-state index contributed by atoms with van der Waals surface area (Å²) >= 11 is 0. The second-order valence-electron chi connectivity index (χ2n) is 7.35. The first-order chi connectivity index (χ1) is 16.3. The number of pyridine rings is 2. The molecule has 0 saturated heterocycles. The summed E-state index contributed by atoms with van der Waals surface area (Å²) in [5.41, 5.74) is 0.190. The highest BCUT2D eigenvalue weighted by Crippen LogP contribution is 2.34. The Morgan fingerprint density at radius 3 is 2.49 bits per heavy atom. The highest BCUT2D eigenvalue weighted by molar-refractivity contribution is 7.98. The van der Waals surface area contributed by atoms with Crippen LogP contribution < -0.4 is 10.1 Å². The first-order valence-corrected chi connectivity index (χ1v) is 12.0. The summed E-state index contributed by atoms with van der Waals surface area (Å²) in [7, 11) is -2.50. The number of halogens is 6. The first-order valence-electron chi connectivity index (χ1n) is 9.63. The van der Waals surface area contributed by atoms with Crippen molar-refractivity contribution in [3.63, 3.8) is 0 Å².